The predicted octanol–water partition coefficient (Wildman–Crippen LogP) is 2.98. The lowest BCUT2D eigenvalue weighted by molar-refractivity contribution is -0.152. The van der Waals surface area contributed by atoms with Crippen LogP contribution < -0.4 is 23.7 Å². The summed E-state index contributed by atoms with van der Waals surface area (Å²) < 4.78 is 38.9. The van der Waals surface area contributed by atoms with Crippen molar-refractivity contribution in [2.45, 2.75) is 18.9 Å². The van der Waals surface area contributed by atoms with Crippen molar-refractivity contribution in [2.75, 3.05) is 34.7 Å². The van der Waals surface area contributed by atoms with E-state index in [0.717, 1.165) is 16.7 Å². The van der Waals surface area contributed by atoms with Crippen LogP contribution in [0, 0.1) is 11.8 Å². The van der Waals surface area contributed by atoms with E-state index in [1.165, 1.54) is 28.3 Å². The average Bonchev–Trinajstić information content (AvgIpc) is 3.43. The van der Waals surface area contributed by atoms with Crippen molar-refractivity contribution < 1.29 is 42.7 Å². The van der Waals surface area contributed by atoms with Gasteiger partial charge in [-0.25, -0.2) is 0 Å². The fourth-order valence-electron chi connectivity index (χ4n) is 5.12. The van der Waals surface area contributed by atoms with Gasteiger partial charge in [-0.1, -0.05) is 0 Å². The number of ether oxygens (including phenoxy) is 7. The summed E-state index contributed by atoms with van der Waals surface area (Å²) >= 11 is 0. The fourth-order valence-corrected chi connectivity index (χ4v) is 5.12. The highest BCUT2D eigenvalue weighted by molar-refractivity contribution is 5.79. The van der Waals surface area contributed by atoms with Crippen molar-refractivity contribution in [3.05, 3.63) is 41.0 Å². The molecule has 2 aromatic rings. The first-order chi connectivity index (χ1) is 16.0. The maximum absolute atomic E-state index is 13.0. The minimum Gasteiger partial charge on any atom is -0.493 e. The summed E-state index contributed by atoms with van der Waals surface area (Å²) in [5, 5.41) is 0. The van der Waals surface area contributed by atoms with E-state index in [1.807, 2.05) is 24.3 Å². The SMILES string of the molecule is COc1cc([C@@H]2c3cc4c(cc3[C@H](OC(C)=O)[C@@H]3COC(=O)[C@@H]23)OCO4)cc(OC)c1OC. The van der Waals surface area contributed by atoms with Crippen LogP contribution >= 0.6 is 0 Å². The largest absolute Gasteiger partial charge is 0.493 e. The smallest absolute Gasteiger partial charge is 0.310 e. The minimum absolute atomic E-state index is 0.0974. The van der Waals surface area contributed by atoms with E-state index in [1.54, 1.807) is 0 Å². The average molecular weight is 456 g/mol. The molecule has 33 heavy (non-hydrogen) atoms. The summed E-state index contributed by atoms with van der Waals surface area (Å²) in [7, 11) is 4.61. The molecule has 4 atom stereocenters. The van der Waals surface area contributed by atoms with Gasteiger partial charge in [0.05, 0.1) is 33.9 Å². The van der Waals surface area contributed by atoms with Gasteiger partial charge in [0.15, 0.2) is 23.0 Å². The molecule has 0 radical (unpaired) electrons. The normalized spacial score (nSPS) is 24.4. The first-order valence-corrected chi connectivity index (χ1v) is 10.5. The van der Waals surface area contributed by atoms with Gasteiger partial charge in [0.25, 0.3) is 0 Å². The van der Waals surface area contributed by atoms with Crippen LogP contribution in [0.3, 0.4) is 0 Å². The van der Waals surface area contributed by atoms with E-state index >= 15 is 0 Å². The molecule has 1 saturated heterocycles. The summed E-state index contributed by atoms with van der Waals surface area (Å²) in [6.07, 6.45) is -0.651. The third-order valence-corrected chi connectivity index (χ3v) is 6.46. The van der Waals surface area contributed by atoms with Gasteiger partial charge in [-0.3, -0.25) is 9.59 Å². The summed E-state index contributed by atoms with van der Waals surface area (Å²) in [5.74, 6) is 0.383. The molecule has 0 N–H and O–H groups in total. The standard InChI is InChI=1S/C24H24O9/c1-11(25)33-22-14-8-17-16(31-10-32-17)7-13(14)20(21-15(22)9-30-24(21)26)12-5-18(27-2)23(29-4)19(6-12)28-3/h5-8,15,20-22H,9-10H2,1-4H3/t15-,20-,21-,22+/m1/s1. The van der Waals surface area contributed by atoms with Crippen molar-refractivity contribution >= 4 is 11.9 Å². The highest BCUT2D eigenvalue weighted by atomic mass is 16.7. The lowest BCUT2D eigenvalue weighted by Gasteiger charge is -2.38. The monoisotopic (exact) mass is 456 g/mol. The molecule has 2 aliphatic heterocycles. The summed E-state index contributed by atoms with van der Waals surface area (Å²) in [5.41, 5.74) is 2.33. The Morgan fingerprint density at radius 2 is 1.55 bits per heavy atom. The molecule has 174 valence electrons. The molecule has 1 fully saturated rings. The zero-order valence-corrected chi connectivity index (χ0v) is 18.7. The van der Waals surface area contributed by atoms with E-state index in [2.05, 4.69) is 0 Å². The van der Waals surface area contributed by atoms with Crippen molar-refractivity contribution in [2.24, 2.45) is 11.8 Å². The van der Waals surface area contributed by atoms with E-state index in [9.17, 15) is 9.59 Å². The van der Waals surface area contributed by atoms with E-state index in [4.69, 9.17) is 33.2 Å². The molecular formula is C24H24O9. The number of hydrogen-bond donors (Lipinski definition) is 0. The Kier molecular flexibility index (Phi) is 5.19. The molecule has 0 amide bonds. The number of carbonyl (C=O) groups is 2. The van der Waals surface area contributed by atoms with Gasteiger partial charge >= 0.3 is 11.9 Å². The summed E-state index contributed by atoms with van der Waals surface area (Å²) in [6.45, 7) is 1.60. The molecule has 0 spiro atoms. The molecule has 9 nitrogen and oxygen atoms in total. The van der Waals surface area contributed by atoms with Crippen LogP contribution in [0.1, 0.15) is 35.6 Å². The second-order valence-corrected chi connectivity index (χ2v) is 8.12. The molecule has 0 saturated carbocycles. The Hall–Kier alpha value is -3.62. The number of cyclic esters (lactones) is 1. The van der Waals surface area contributed by atoms with Crippen molar-refractivity contribution in [3.63, 3.8) is 0 Å². The number of methoxy groups -OCH3 is 3. The Morgan fingerprint density at radius 1 is 0.909 bits per heavy atom. The number of benzene rings is 2. The Morgan fingerprint density at radius 3 is 2.12 bits per heavy atom. The Balaban J connectivity index is 1.75. The highest BCUT2D eigenvalue weighted by Gasteiger charge is 2.54. The van der Waals surface area contributed by atoms with Crippen molar-refractivity contribution in [1.29, 1.82) is 0 Å². The molecular weight excluding hydrogens is 432 g/mol. The van der Waals surface area contributed by atoms with Crippen molar-refractivity contribution in [1.82, 2.24) is 0 Å². The fraction of sp³-hybridized carbons (Fsp3) is 0.417. The van der Waals surface area contributed by atoms with Gasteiger partial charge < -0.3 is 33.2 Å². The summed E-state index contributed by atoms with van der Waals surface area (Å²) in [6, 6.07) is 7.34. The number of rotatable bonds is 5. The number of carbonyl (C=O) groups excluding carboxylic acids is 2. The molecule has 9 heteroatoms. The molecule has 0 bridgehead atoms. The zero-order chi connectivity index (χ0) is 23.3. The quantitative estimate of drug-likeness (QED) is 0.629. The van der Waals surface area contributed by atoms with Gasteiger partial charge in [-0.15, -0.1) is 0 Å². The lowest BCUT2D eigenvalue weighted by Crippen LogP contribution is -2.36. The summed E-state index contributed by atoms with van der Waals surface area (Å²) in [4.78, 5) is 25.0. The predicted molar refractivity (Wildman–Crippen MR) is 113 cm³/mol. The van der Waals surface area contributed by atoms with Crippen molar-refractivity contribution in [3.8, 4) is 28.7 Å². The van der Waals surface area contributed by atoms with Gasteiger partial charge in [0.1, 0.15) is 6.10 Å². The zero-order valence-electron chi connectivity index (χ0n) is 18.7. The Labute approximate surface area is 190 Å². The van der Waals surface area contributed by atoms with E-state index < -0.39 is 23.9 Å². The third-order valence-electron chi connectivity index (χ3n) is 6.46. The molecule has 5 rings (SSSR count). The molecule has 1 aliphatic carbocycles. The lowest BCUT2D eigenvalue weighted by atomic mass is 9.66. The topological polar surface area (TPSA) is 98.8 Å². The van der Waals surface area contributed by atoms with Gasteiger partial charge in [-0.2, -0.15) is 0 Å². The minimum atomic E-state index is -0.651. The van der Waals surface area contributed by atoms with Crippen LogP contribution in [-0.2, 0) is 19.1 Å². The molecule has 0 aromatic heterocycles. The third kappa shape index (κ3) is 3.30. The Bertz CT molecular complexity index is 1100. The van der Waals surface area contributed by atoms with E-state index in [0.29, 0.717) is 28.7 Å². The van der Waals surface area contributed by atoms with Gasteiger partial charge in [0.2, 0.25) is 12.5 Å². The first kappa shape index (κ1) is 21.2. The maximum Gasteiger partial charge on any atom is 0.310 e. The maximum atomic E-state index is 13.0. The van der Waals surface area contributed by atoms with Crippen LogP contribution in [0.4, 0.5) is 0 Å². The molecule has 2 aromatic carbocycles. The van der Waals surface area contributed by atoms with Crippen LogP contribution in [0.15, 0.2) is 24.3 Å². The molecule has 0 unspecified atom stereocenters. The highest BCUT2D eigenvalue weighted by Crippen LogP contribution is 2.56. The van der Waals surface area contributed by atoms with E-state index in [-0.39, 0.29) is 25.3 Å². The molecule has 3 aliphatic rings. The van der Waals surface area contributed by atoms with Crippen LogP contribution in [0.2, 0.25) is 0 Å². The second-order valence-electron chi connectivity index (χ2n) is 8.12. The second kappa shape index (κ2) is 8.06. The first-order valence-electron chi connectivity index (χ1n) is 10.5. The number of esters is 2. The van der Waals surface area contributed by atoms with Crippen LogP contribution in [0.5, 0.6) is 28.7 Å². The molecule has 2 heterocycles. The number of hydrogen-bond acceptors (Lipinski definition) is 9. The van der Waals surface area contributed by atoms with Crippen LogP contribution in [-0.4, -0.2) is 46.7 Å². The van der Waals surface area contributed by atoms with Gasteiger partial charge in [0, 0.05) is 24.3 Å². The van der Waals surface area contributed by atoms with Gasteiger partial charge in [-0.05, 0) is 35.4 Å². The number of fused-ring (bicyclic) bond motifs is 3. The van der Waals surface area contributed by atoms with Crippen LogP contribution in [0.25, 0.3) is 0 Å².